The van der Waals surface area contributed by atoms with Gasteiger partial charge in [-0.15, -0.1) is 11.8 Å². The molecule has 1 heterocycles. The highest BCUT2D eigenvalue weighted by molar-refractivity contribution is 7.98. The fourth-order valence-corrected chi connectivity index (χ4v) is 5.92. The Morgan fingerprint density at radius 2 is 1.86 bits per heavy atom. The minimum atomic E-state index is -3.70. The summed E-state index contributed by atoms with van der Waals surface area (Å²) in [6.45, 7) is 0.595. The molecule has 0 spiro atoms. The highest BCUT2D eigenvalue weighted by atomic mass is 32.2. The van der Waals surface area contributed by atoms with E-state index in [-0.39, 0.29) is 16.7 Å². The van der Waals surface area contributed by atoms with Gasteiger partial charge < -0.3 is 10.0 Å². The lowest BCUT2D eigenvalue weighted by molar-refractivity contribution is 0.347. The van der Waals surface area contributed by atoms with E-state index in [1.54, 1.807) is 13.1 Å². The van der Waals surface area contributed by atoms with E-state index in [4.69, 9.17) is 0 Å². The lowest BCUT2D eigenvalue weighted by Crippen LogP contribution is -2.40. The molecule has 4 rings (SSSR count). The van der Waals surface area contributed by atoms with Crippen LogP contribution in [-0.2, 0) is 10.0 Å². The van der Waals surface area contributed by atoms with E-state index < -0.39 is 10.0 Å². The van der Waals surface area contributed by atoms with Gasteiger partial charge in [0.2, 0.25) is 10.0 Å². The molecule has 1 saturated carbocycles. The summed E-state index contributed by atoms with van der Waals surface area (Å²) >= 11 is 1.41. The summed E-state index contributed by atoms with van der Waals surface area (Å²) < 4.78 is 28.3. The maximum atomic E-state index is 13.4. The standard InChI is InChI=1S/C21H26N2O3S2/c1-22-17(11-10-15-8-9-15)14-23(16-6-4-3-5-7-16)18-12-20(27-2)19(24)13-21(18)28(22,25)26/h3-7,12-13,15,17,24H,8-11,14H2,1-2H3. The van der Waals surface area contributed by atoms with Gasteiger partial charge in [-0.05, 0) is 43.2 Å². The van der Waals surface area contributed by atoms with Crippen molar-refractivity contribution in [3.8, 4) is 5.75 Å². The molecule has 1 fully saturated rings. The average Bonchev–Trinajstić information content (AvgIpc) is 3.53. The molecule has 150 valence electrons. The fourth-order valence-electron chi connectivity index (χ4n) is 3.86. The molecular formula is C21H26N2O3S2. The van der Waals surface area contributed by atoms with Gasteiger partial charge in [0.1, 0.15) is 10.6 Å². The minimum absolute atomic E-state index is 0.00710. The lowest BCUT2D eigenvalue weighted by atomic mass is 10.1. The molecule has 0 aromatic heterocycles. The van der Waals surface area contributed by atoms with Crippen LogP contribution in [0, 0.1) is 5.92 Å². The molecule has 1 N–H and O–H groups in total. The zero-order chi connectivity index (χ0) is 19.9. The van der Waals surface area contributed by atoms with Gasteiger partial charge in [0.25, 0.3) is 0 Å². The molecule has 2 aliphatic rings. The van der Waals surface area contributed by atoms with Gasteiger partial charge in [0.15, 0.2) is 0 Å². The summed E-state index contributed by atoms with van der Waals surface area (Å²) in [4.78, 5) is 2.93. The van der Waals surface area contributed by atoms with Crippen LogP contribution in [-0.4, -0.2) is 43.7 Å². The number of para-hydroxylation sites is 1. The Labute approximate surface area is 171 Å². The molecule has 0 radical (unpaired) electrons. The molecule has 1 unspecified atom stereocenters. The first kappa shape index (κ1) is 19.6. The molecule has 1 aliphatic carbocycles. The van der Waals surface area contributed by atoms with Crippen LogP contribution in [0.1, 0.15) is 25.7 Å². The summed E-state index contributed by atoms with van der Waals surface area (Å²) in [5.41, 5.74) is 1.59. The van der Waals surface area contributed by atoms with Gasteiger partial charge in [0, 0.05) is 31.4 Å². The molecule has 0 bridgehead atoms. The van der Waals surface area contributed by atoms with Crippen molar-refractivity contribution in [2.45, 2.75) is 41.5 Å². The van der Waals surface area contributed by atoms with Gasteiger partial charge >= 0.3 is 0 Å². The molecule has 1 aliphatic heterocycles. The monoisotopic (exact) mass is 418 g/mol. The second-order valence-electron chi connectivity index (χ2n) is 7.63. The number of likely N-dealkylation sites (N-methyl/N-ethyl adjacent to an activating group) is 1. The van der Waals surface area contributed by atoms with Crippen molar-refractivity contribution < 1.29 is 13.5 Å². The first-order valence-electron chi connectivity index (χ1n) is 9.63. The third-order valence-corrected chi connectivity index (χ3v) is 8.49. The van der Waals surface area contributed by atoms with Crippen molar-refractivity contribution >= 4 is 33.2 Å². The fraction of sp³-hybridized carbons (Fsp3) is 0.429. The van der Waals surface area contributed by atoms with Crippen LogP contribution < -0.4 is 4.90 Å². The maximum absolute atomic E-state index is 13.4. The topological polar surface area (TPSA) is 60.9 Å². The molecule has 5 nitrogen and oxygen atoms in total. The number of nitrogens with zero attached hydrogens (tertiary/aromatic N) is 2. The minimum Gasteiger partial charge on any atom is -0.507 e. The quantitative estimate of drug-likeness (QED) is 0.727. The van der Waals surface area contributed by atoms with Gasteiger partial charge in [0.05, 0.1) is 10.6 Å². The van der Waals surface area contributed by atoms with E-state index in [9.17, 15) is 13.5 Å². The number of benzene rings is 2. The van der Waals surface area contributed by atoms with Crippen LogP contribution in [0.3, 0.4) is 0 Å². The van der Waals surface area contributed by atoms with E-state index in [0.29, 0.717) is 17.1 Å². The average molecular weight is 419 g/mol. The number of hydrogen-bond donors (Lipinski definition) is 1. The SMILES string of the molecule is CSc1cc2c(cc1O)S(=O)(=O)N(C)C(CCC1CC1)CN2c1ccccc1. The number of fused-ring (bicyclic) bond motifs is 1. The zero-order valence-electron chi connectivity index (χ0n) is 16.2. The highest BCUT2D eigenvalue weighted by Gasteiger charge is 2.38. The number of thioether (sulfide) groups is 1. The summed E-state index contributed by atoms with van der Waals surface area (Å²) in [6.07, 6.45) is 6.31. The number of phenolic OH excluding ortho intramolecular Hbond substituents is 1. The van der Waals surface area contributed by atoms with Crippen LogP contribution in [0.25, 0.3) is 0 Å². The second-order valence-corrected chi connectivity index (χ2v) is 10.4. The van der Waals surface area contributed by atoms with Crippen molar-refractivity contribution in [2.75, 3.05) is 24.7 Å². The van der Waals surface area contributed by atoms with Crippen LogP contribution in [0.5, 0.6) is 5.75 Å². The van der Waals surface area contributed by atoms with Gasteiger partial charge in [-0.1, -0.05) is 31.0 Å². The lowest BCUT2D eigenvalue weighted by Gasteiger charge is -2.29. The first-order chi connectivity index (χ1) is 13.4. The first-order valence-corrected chi connectivity index (χ1v) is 12.3. The van der Waals surface area contributed by atoms with Gasteiger partial charge in [-0.2, -0.15) is 4.31 Å². The van der Waals surface area contributed by atoms with E-state index in [0.717, 1.165) is 24.4 Å². The number of sulfonamides is 1. The summed E-state index contributed by atoms with van der Waals surface area (Å²) in [5, 5.41) is 10.4. The predicted octanol–water partition coefficient (Wildman–Crippen LogP) is 4.45. The van der Waals surface area contributed by atoms with Crippen molar-refractivity contribution in [2.24, 2.45) is 5.92 Å². The maximum Gasteiger partial charge on any atom is 0.245 e. The Hall–Kier alpha value is -1.70. The van der Waals surface area contributed by atoms with Crippen LogP contribution >= 0.6 is 11.8 Å². The molecule has 1 atom stereocenters. The predicted molar refractivity (Wildman–Crippen MR) is 114 cm³/mol. The molecule has 28 heavy (non-hydrogen) atoms. The molecule has 7 heteroatoms. The highest BCUT2D eigenvalue weighted by Crippen LogP contribution is 2.43. The Kier molecular flexibility index (Phi) is 5.33. The van der Waals surface area contributed by atoms with Crippen LogP contribution in [0.15, 0.2) is 52.3 Å². The number of anilines is 2. The Morgan fingerprint density at radius 3 is 2.50 bits per heavy atom. The van der Waals surface area contributed by atoms with E-state index in [2.05, 4.69) is 4.90 Å². The number of rotatable bonds is 5. The summed E-state index contributed by atoms with van der Waals surface area (Å²) in [7, 11) is -2.03. The van der Waals surface area contributed by atoms with Crippen molar-refractivity contribution in [3.05, 3.63) is 42.5 Å². The molecule has 0 saturated heterocycles. The zero-order valence-corrected chi connectivity index (χ0v) is 17.8. The third kappa shape index (κ3) is 3.63. The largest absolute Gasteiger partial charge is 0.507 e. The summed E-state index contributed by atoms with van der Waals surface area (Å²) in [6, 6.07) is 13.0. The Bertz CT molecular complexity index is 959. The van der Waals surface area contributed by atoms with Crippen molar-refractivity contribution in [1.82, 2.24) is 4.31 Å². The molecular weight excluding hydrogens is 392 g/mol. The molecule has 2 aromatic rings. The van der Waals surface area contributed by atoms with E-state index in [1.165, 1.54) is 35.0 Å². The number of hydrogen-bond acceptors (Lipinski definition) is 5. The number of aromatic hydroxyl groups is 1. The number of phenols is 1. The van der Waals surface area contributed by atoms with Gasteiger partial charge in [-0.25, -0.2) is 8.42 Å². The third-order valence-electron chi connectivity index (χ3n) is 5.79. The Balaban J connectivity index is 1.85. The van der Waals surface area contributed by atoms with Crippen LogP contribution in [0.4, 0.5) is 11.4 Å². The van der Waals surface area contributed by atoms with Crippen LogP contribution in [0.2, 0.25) is 0 Å². The van der Waals surface area contributed by atoms with E-state index in [1.807, 2.05) is 36.6 Å². The smallest absolute Gasteiger partial charge is 0.245 e. The normalized spacial score (nSPS) is 21.9. The van der Waals surface area contributed by atoms with Crippen molar-refractivity contribution in [1.29, 1.82) is 0 Å². The van der Waals surface area contributed by atoms with E-state index >= 15 is 0 Å². The Morgan fingerprint density at radius 1 is 1.14 bits per heavy atom. The van der Waals surface area contributed by atoms with Gasteiger partial charge in [-0.3, -0.25) is 0 Å². The second kappa shape index (κ2) is 7.61. The molecule has 0 amide bonds. The molecule has 2 aromatic carbocycles. The van der Waals surface area contributed by atoms with Crippen molar-refractivity contribution in [3.63, 3.8) is 0 Å². The summed E-state index contributed by atoms with van der Waals surface area (Å²) in [5.74, 6) is 0.756.